The molecule has 1 aromatic rings. The standard InChI is InChI=1S/C15H22N2O/c1-2-10-16-15(18)9-12-17-11-5-7-13-6-3-4-8-14(13)17/h3-4,6,8H,2,5,7,9-12H2,1H3,(H,16,18). The average Bonchev–Trinajstić information content (AvgIpc) is 2.42. The van der Waals surface area contributed by atoms with Crippen molar-refractivity contribution in [3.63, 3.8) is 0 Å². The molecule has 0 aromatic heterocycles. The minimum absolute atomic E-state index is 0.167. The van der Waals surface area contributed by atoms with Crippen LogP contribution in [0.15, 0.2) is 24.3 Å². The lowest BCUT2D eigenvalue weighted by atomic mass is 10.0. The summed E-state index contributed by atoms with van der Waals surface area (Å²) in [5, 5.41) is 2.93. The number of fused-ring (bicyclic) bond motifs is 1. The summed E-state index contributed by atoms with van der Waals surface area (Å²) in [5.74, 6) is 0.167. The van der Waals surface area contributed by atoms with E-state index in [9.17, 15) is 4.79 Å². The minimum Gasteiger partial charge on any atom is -0.371 e. The highest BCUT2D eigenvalue weighted by atomic mass is 16.1. The van der Waals surface area contributed by atoms with E-state index in [0.717, 1.165) is 32.5 Å². The van der Waals surface area contributed by atoms with Crippen LogP contribution in [-0.4, -0.2) is 25.5 Å². The monoisotopic (exact) mass is 246 g/mol. The molecule has 18 heavy (non-hydrogen) atoms. The van der Waals surface area contributed by atoms with Crippen LogP contribution in [0.1, 0.15) is 31.7 Å². The van der Waals surface area contributed by atoms with Gasteiger partial charge in [-0.15, -0.1) is 0 Å². The van der Waals surface area contributed by atoms with Gasteiger partial charge in [-0.25, -0.2) is 0 Å². The maximum atomic E-state index is 11.6. The van der Waals surface area contributed by atoms with Gasteiger partial charge < -0.3 is 10.2 Å². The van der Waals surface area contributed by atoms with Gasteiger partial charge in [-0.3, -0.25) is 4.79 Å². The molecule has 2 rings (SSSR count). The van der Waals surface area contributed by atoms with Gasteiger partial charge in [0.2, 0.25) is 5.91 Å². The van der Waals surface area contributed by atoms with E-state index in [-0.39, 0.29) is 5.91 Å². The number of hydrogen-bond donors (Lipinski definition) is 1. The Labute approximate surface area is 109 Å². The summed E-state index contributed by atoms with van der Waals surface area (Å²) in [4.78, 5) is 14.0. The van der Waals surface area contributed by atoms with Gasteiger partial charge in [0.15, 0.2) is 0 Å². The molecule has 0 fully saturated rings. The molecule has 1 heterocycles. The van der Waals surface area contributed by atoms with Crippen LogP contribution in [0.3, 0.4) is 0 Å². The third-order valence-corrected chi connectivity index (χ3v) is 3.39. The summed E-state index contributed by atoms with van der Waals surface area (Å²) in [5.41, 5.74) is 2.73. The van der Waals surface area contributed by atoms with Gasteiger partial charge in [0, 0.05) is 31.7 Å². The molecule has 0 spiro atoms. The molecule has 0 saturated heterocycles. The van der Waals surface area contributed by atoms with Gasteiger partial charge in [0.25, 0.3) is 0 Å². The first-order chi connectivity index (χ1) is 8.81. The van der Waals surface area contributed by atoms with Crippen molar-refractivity contribution in [3.05, 3.63) is 29.8 Å². The number of benzene rings is 1. The van der Waals surface area contributed by atoms with E-state index in [1.54, 1.807) is 0 Å². The highest BCUT2D eigenvalue weighted by molar-refractivity contribution is 5.76. The summed E-state index contributed by atoms with van der Waals surface area (Å²) < 4.78 is 0. The zero-order valence-corrected chi connectivity index (χ0v) is 11.1. The van der Waals surface area contributed by atoms with E-state index in [0.29, 0.717) is 6.42 Å². The molecule has 0 unspecified atom stereocenters. The van der Waals surface area contributed by atoms with Crippen molar-refractivity contribution in [3.8, 4) is 0 Å². The molecule has 3 heteroatoms. The van der Waals surface area contributed by atoms with Gasteiger partial charge >= 0.3 is 0 Å². The Bertz CT molecular complexity index is 403. The van der Waals surface area contributed by atoms with Crippen LogP contribution >= 0.6 is 0 Å². The number of para-hydroxylation sites is 1. The smallest absolute Gasteiger partial charge is 0.221 e. The molecule has 0 bridgehead atoms. The number of carbonyl (C=O) groups is 1. The van der Waals surface area contributed by atoms with Crippen molar-refractivity contribution in [2.45, 2.75) is 32.6 Å². The number of aryl methyl sites for hydroxylation is 1. The maximum Gasteiger partial charge on any atom is 0.221 e. The van der Waals surface area contributed by atoms with Crippen LogP contribution < -0.4 is 10.2 Å². The molecular formula is C15H22N2O. The van der Waals surface area contributed by atoms with Crippen molar-refractivity contribution >= 4 is 11.6 Å². The molecule has 1 aromatic carbocycles. The first-order valence-corrected chi connectivity index (χ1v) is 6.91. The molecule has 1 aliphatic rings. The lowest BCUT2D eigenvalue weighted by molar-refractivity contribution is -0.120. The van der Waals surface area contributed by atoms with Crippen LogP contribution in [-0.2, 0) is 11.2 Å². The zero-order chi connectivity index (χ0) is 12.8. The summed E-state index contributed by atoms with van der Waals surface area (Å²) in [6.45, 7) is 4.75. The highest BCUT2D eigenvalue weighted by Gasteiger charge is 2.16. The second kappa shape index (κ2) is 6.43. The summed E-state index contributed by atoms with van der Waals surface area (Å²) >= 11 is 0. The topological polar surface area (TPSA) is 32.3 Å². The molecule has 98 valence electrons. The molecule has 0 radical (unpaired) electrons. The fourth-order valence-corrected chi connectivity index (χ4v) is 2.43. The molecule has 3 nitrogen and oxygen atoms in total. The third-order valence-electron chi connectivity index (χ3n) is 3.39. The van der Waals surface area contributed by atoms with Gasteiger partial charge in [0.05, 0.1) is 0 Å². The van der Waals surface area contributed by atoms with E-state index >= 15 is 0 Å². The van der Waals surface area contributed by atoms with E-state index in [2.05, 4.69) is 41.4 Å². The van der Waals surface area contributed by atoms with Gasteiger partial charge in [-0.05, 0) is 30.9 Å². The zero-order valence-electron chi connectivity index (χ0n) is 11.1. The normalized spacial score (nSPS) is 14.2. The quantitative estimate of drug-likeness (QED) is 0.865. The predicted octanol–water partition coefficient (Wildman–Crippen LogP) is 2.36. The Balaban J connectivity index is 1.89. The number of nitrogens with zero attached hydrogens (tertiary/aromatic N) is 1. The summed E-state index contributed by atoms with van der Waals surface area (Å²) in [7, 11) is 0. The van der Waals surface area contributed by atoms with Crippen LogP contribution in [0, 0.1) is 0 Å². The van der Waals surface area contributed by atoms with E-state index in [1.165, 1.54) is 17.7 Å². The fraction of sp³-hybridized carbons (Fsp3) is 0.533. The van der Waals surface area contributed by atoms with Crippen molar-refractivity contribution < 1.29 is 4.79 Å². The number of nitrogens with one attached hydrogen (secondary N) is 1. The predicted molar refractivity (Wildman–Crippen MR) is 74.9 cm³/mol. The number of carbonyl (C=O) groups excluding carboxylic acids is 1. The Hall–Kier alpha value is -1.51. The van der Waals surface area contributed by atoms with Crippen molar-refractivity contribution in [2.24, 2.45) is 0 Å². The Morgan fingerprint density at radius 2 is 2.22 bits per heavy atom. The second-order valence-electron chi connectivity index (χ2n) is 4.82. The molecule has 0 saturated carbocycles. The first kappa shape index (κ1) is 12.9. The van der Waals surface area contributed by atoms with Crippen LogP contribution in [0.25, 0.3) is 0 Å². The molecule has 1 N–H and O–H groups in total. The number of rotatable bonds is 5. The van der Waals surface area contributed by atoms with Crippen LogP contribution in [0.2, 0.25) is 0 Å². The van der Waals surface area contributed by atoms with Crippen molar-refractivity contribution in [1.82, 2.24) is 5.32 Å². The van der Waals surface area contributed by atoms with Crippen LogP contribution in [0.4, 0.5) is 5.69 Å². The molecular weight excluding hydrogens is 224 g/mol. The first-order valence-electron chi connectivity index (χ1n) is 6.91. The highest BCUT2D eigenvalue weighted by Crippen LogP contribution is 2.26. The van der Waals surface area contributed by atoms with Gasteiger partial charge in [-0.1, -0.05) is 25.1 Å². The van der Waals surface area contributed by atoms with Gasteiger partial charge in [0.1, 0.15) is 0 Å². The SMILES string of the molecule is CCCNC(=O)CCN1CCCc2ccccc21. The number of anilines is 1. The third kappa shape index (κ3) is 3.25. The Kier molecular flexibility index (Phi) is 4.62. The Morgan fingerprint density at radius 3 is 3.06 bits per heavy atom. The lowest BCUT2D eigenvalue weighted by Crippen LogP contribution is -2.34. The summed E-state index contributed by atoms with van der Waals surface area (Å²) in [6, 6.07) is 8.53. The summed E-state index contributed by atoms with van der Waals surface area (Å²) in [6.07, 6.45) is 3.94. The van der Waals surface area contributed by atoms with E-state index in [1.807, 2.05) is 0 Å². The van der Waals surface area contributed by atoms with Crippen LogP contribution in [0.5, 0.6) is 0 Å². The molecule has 0 aliphatic carbocycles. The van der Waals surface area contributed by atoms with Gasteiger partial charge in [-0.2, -0.15) is 0 Å². The molecule has 1 aliphatic heterocycles. The largest absolute Gasteiger partial charge is 0.371 e. The van der Waals surface area contributed by atoms with E-state index < -0.39 is 0 Å². The van der Waals surface area contributed by atoms with Crippen molar-refractivity contribution in [1.29, 1.82) is 0 Å². The second-order valence-corrected chi connectivity index (χ2v) is 4.82. The van der Waals surface area contributed by atoms with E-state index in [4.69, 9.17) is 0 Å². The lowest BCUT2D eigenvalue weighted by Gasteiger charge is -2.31. The molecule has 1 amide bonds. The Morgan fingerprint density at radius 1 is 1.39 bits per heavy atom. The fourth-order valence-electron chi connectivity index (χ4n) is 2.43. The number of hydrogen-bond acceptors (Lipinski definition) is 2. The number of amides is 1. The average molecular weight is 246 g/mol. The van der Waals surface area contributed by atoms with Crippen molar-refractivity contribution in [2.75, 3.05) is 24.5 Å². The molecule has 0 atom stereocenters. The minimum atomic E-state index is 0.167. The maximum absolute atomic E-state index is 11.6.